The minimum absolute atomic E-state index is 0.261. The molecule has 0 amide bonds. The largest absolute Gasteiger partial charge is 0.497 e. The second-order valence-electron chi connectivity index (χ2n) is 3.71. The number of benzene rings is 1. The van der Waals surface area contributed by atoms with E-state index >= 15 is 0 Å². The summed E-state index contributed by atoms with van der Waals surface area (Å²) in [5, 5.41) is 0. The summed E-state index contributed by atoms with van der Waals surface area (Å²) in [5.74, 6) is 2.03. The van der Waals surface area contributed by atoms with E-state index in [0.717, 1.165) is 24.3 Å². The topological polar surface area (TPSA) is 35.2 Å². The van der Waals surface area contributed by atoms with Crippen molar-refractivity contribution < 1.29 is 4.74 Å². The van der Waals surface area contributed by atoms with Crippen LogP contribution >= 0.6 is 23.1 Å². The van der Waals surface area contributed by atoms with Gasteiger partial charge in [-0.1, -0.05) is 24.4 Å². The summed E-state index contributed by atoms with van der Waals surface area (Å²) >= 11 is 4.97. The van der Waals surface area contributed by atoms with Gasteiger partial charge in [-0.15, -0.1) is 0 Å². The molecule has 0 aliphatic heterocycles. The summed E-state index contributed by atoms with van der Waals surface area (Å²) in [6.45, 7) is 0. The fourth-order valence-corrected chi connectivity index (χ4v) is 2.55. The molecule has 4 heteroatoms. The second-order valence-corrected chi connectivity index (χ2v) is 6.78. The van der Waals surface area contributed by atoms with Crippen molar-refractivity contribution in [2.75, 3.05) is 19.1 Å². The SMILES string of the molecule is COc1ccc(CCC[SH](C)C(N)=S)cc1. The van der Waals surface area contributed by atoms with Crippen LogP contribution in [0.15, 0.2) is 24.3 Å². The second kappa shape index (κ2) is 6.76. The van der Waals surface area contributed by atoms with Gasteiger partial charge in [-0.05, 0) is 42.5 Å². The molecule has 0 radical (unpaired) electrons. The molecular weight excluding hydrogens is 238 g/mol. The highest BCUT2D eigenvalue weighted by Crippen LogP contribution is 2.22. The summed E-state index contributed by atoms with van der Waals surface area (Å²) in [4.78, 5) is 0. The van der Waals surface area contributed by atoms with Gasteiger partial charge in [-0.2, -0.15) is 0 Å². The first-order valence-electron chi connectivity index (χ1n) is 5.27. The lowest BCUT2D eigenvalue weighted by Crippen LogP contribution is -2.10. The van der Waals surface area contributed by atoms with E-state index in [2.05, 4.69) is 18.4 Å². The average molecular weight is 257 g/mol. The molecule has 0 fully saturated rings. The van der Waals surface area contributed by atoms with E-state index in [4.69, 9.17) is 22.7 Å². The molecular formula is C12H19NOS2. The lowest BCUT2D eigenvalue weighted by Gasteiger charge is -2.13. The van der Waals surface area contributed by atoms with Crippen LogP contribution < -0.4 is 10.5 Å². The van der Waals surface area contributed by atoms with Gasteiger partial charge in [-0.3, -0.25) is 0 Å². The zero-order valence-corrected chi connectivity index (χ0v) is 11.5. The molecule has 1 rings (SSSR count). The minimum Gasteiger partial charge on any atom is -0.497 e. The summed E-state index contributed by atoms with van der Waals surface area (Å²) in [6.07, 6.45) is 4.37. The van der Waals surface area contributed by atoms with E-state index in [1.165, 1.54) is 5.56 Å². The first kappa shape index (κ1) is 13.3. The maximum Gasteiger partial charge on any atom is 0.118 e. The Balaban J connectivity index is 2.34. The van der Waals surface area contributed by atoms with E-state index < -0.39 is 0 Å². The first-order valence-corrected chi connectivity index (χ1v) is 7.65. The summed E-state index contributed by atoms with van der Waals surface area (Å²) < 4.78 is 5.80. The van der Waals surface area contributed by atoms with E-state index in [0.29, 0.717) is 4.32 Å². The standard InChI is InChI=1S/C12H19NOS2/c1-14-11-7-5-10(6-8-11)4-3-9-16(2)12(13)15/h5-8,16H,3-4,9H2,1-2H3,(H2,13,15). The number of thiocarbonyl (C=S) groups is 1. The van der Waals surface area contributed by atoms with Gasteiger partial charge in [0.2, 0.25) is 0 Å². The molecule has 0 aliphatic carbocycles. The molecule has 1 atom stereocenters. The fourth-order valence-electron chi connectivity index (χ4n) is 1.42. The highest BCUT2D eigenvalue weighted by atomic mass is 32.2. The molecule has 2 N–H and O–H groups in total. The number of methoxy groups -OCH3 is 1. The Morgan fingerprint density at radius 1 is 1.38 bits per heavy atom. The smallest absolute Gasteiger partial charge is 0.118 e. The van der Waals surface area contributed by atoms with Crippen molar-refractivity contribution in [1.29, 1.82) is 0 Å². The van der Waals surface area contributed by atoms with Crippen LogP contribution in [0.5, 0.6) is 5.75 Å². The van der Waals surface area contributed by atoms with E-state index in [-0.39, 0.29) is 10.9 Å². The predicted octanol–water partition coefficient (Wildman–Crippen LogP) is 2.50. The Hall–Kier alpha value is -0.740. The van der Waals surface area contributed by atoms with E-state index in [1.54, 1.807) is 7.11 Å². The van der Waals surface area contributed by atoms with Crippen LogP contribution in [0.1, 0.15) is 12.0 Å². The van der Waals surface area contributed by atoms with Crippen molar-refractivity contribution in [2.24, 2.45) is 5.73 Å². The highest BCUT2D eigenvalue weighted by Gasteiger charge is 2.00. The summed E-state index contributed by atoms with van der Waals surface area (Å²) in [6, 6.07) is 8.21. The molecule has 0 saturated carbocycles. The Kier molecular flexibility index (Phi) is 5.63. The van der Waals surface area contributed by atoms with Gasteiger partial charge in [0.1, 0.15) is 10.1 Å². The van der Waals surface area contributed by atoms with Gasteiger partial charge in [0, 0.05) is 0 Å². The molecule has 0 heterocycles. The zero-order chi connectivity index (χ0) is 12.0. The Labute approximate surface area is 106 Å². The monoisotopic (exact) mass is 257 g/mol. The third kappa shape index (κ3) is 4.41. The number of nitrogens with two attached hydrogens (primary N) is 1. The minimum atomic E-state index is -0.261. The predicted molar refractivity (Wildman–Crippen MR) is 77.9 cm³/mol. The third-order valence-corrected chi connectivity index (χ3v) is 5.17. The molecule has 1 unspecified atom stereocenters. The van der Waals surface area contributed by atoms with Gasteiger partial charge >= 0.3 is 0 Å². The van der Waals surface area contributed by atoms with Gasteiger partial charge in [-0.25, -0.2) is 10.9 Å². The van der Waals surface area contributed by atoms with Crippen LogP contribution in [0.4, 0.5) is 0 Å². The van der Waals surface area contributed by atoms with E-state index in [9.17, 15) is 0 Å². The molecule has 0 spiro atoms. The number of rotatable bonds is 5. The third-order valence-electron chi connectivity index (χ3n) is 2.49. The maximum absolute atomic E-state index is 5.60. The lowest BCUT2D eigenvalue weighted by atomic mass is 10.1. The highest BCUT2D eigenvalue weighted by molar-refractivity contribution is 8.35. The molecule has 90 valence electrons. The van der Waals surface area contributed by atoms with E-state index in [1.807, 2.05) is 12.1 Å². The molecule has 0 saturated heterocycles. The van der Waals surface area contributed by atoms with Crippen molar-refractivity contribution in [2.45, 2.75) is 12.8 Å². The van der Waals surface area contributed by atoms with Crippen LogP contribution in [-0.2, 0) is 6.42 Å². The fraction of sp³-hybridized carbons (Fsp3) is 0.417. The zero-order valence-electron chi connectivity index (χ0n) is 9.77. The van der Waals surface area contributed by atoms with Crippen LogP contribution in [0.3, 0.4) is 0 Å². The molecule has 1 aromatic rings. The Morgan fingerprint density at radius 3 is 2.50 bits per heavy atom. The summed E-state index contributed by atoms with van der Waals surface area (Å²) in [7, 11) is 1.42. The van der Waals surface area contributed by atoms with Crippen LogP contribution in [0.25, 0.3) is 0 Å². The molecule has 0 aromatic heterocycles. The normalized spacial score (nSPS) is 13.2. The van der Waals surface area contributed by atoms with Gasteiger partial charge < -0.3 is 10.5 Å². The van der Waals surface area contributed by atoms with Crippen molar-refractivity contribution in [3.63, 3.8) is 0 Å². The van der Waals surface area contributed by atoms with Crippen LogP contribution in [0, 0.1) is 0 Å². The average Bonchev–Trinajstić information content (AvgIpc) is 2.29. The van der Waals surface area contributed by atoms with Crippen molar-refractivity contribution >= 4 is 27.4 Å². The lowest BCUT2D eigenvalue weighted by molar-refractivity contribution is 0.414. The maximum atomic E-state index is 5.60. The van der Waals surface area contributed by atoms with Gasteiger partial charge in [0.05, 0.1) is 7.11 Å². The van der Waals surface area contributed by atoms with Crippen LogP contribution in [-0.4, -0.2) is 23.4 Å². The van der Waals surface area contributed by atoms with Crippen molar-refractivity contribution in [1.82, 2.24) is 0 Å². The van der Waals surface area contributed by atoms with Crippen molar-refractivity contribution in [3.05, 3.63) is 29.8 Å². The Morgan fingerprint density at radius 2 is 2.00 bits per heavy atom. The van der Waals surface area contributed by atoms with Crippen molar-refractivity contribution in [3.8, 4) is 5.75 Å². The molecule has 1 aromatic carbocycles. The molecule has 2 nitrogen and oxygen atoms in total. The number of hydrogen-bond donors (Lipinski definition) is 2. The number of thiol groups is 1. The molecule has 0 bridgehead atoms. The van der Waals surface area contributed by atoms with Gasteiger partial charge in [0.15, 0.2) is 0 Å². The van der Waals surface area contributed by atoms with Gasteiger partial charge in [0.25, 0.3) is 0 Å². The summed E-state index contributed by atoms with van der Waals surface area (Å²) in [5.41, 5.74) is 6.94. The Bertz CT molecular complexity index is 337. The molecule has 0 aliphatic rings. The van der Waals surface area contributed by atoms with Crippen LogP contribution in [0.2, 0.25) is 0 Å². The first-order chi connectivity index (χ1) is 7.63. The quantitative estimate of drug-likeness (QED) is 0.628. The number of hydrogen-bond acceptors (Lipinski definition) is 2. The molecule has 16 heavy (non-hydrogen) atoms. The number of ether oxygens (including phenoxy) is 1. The number of aryl methyl sites for hydroxylation is 1.